The zero-order valence-corrected chi connectivity index (χ0v) is 14.2. The lowest BCUT2D eigenvalue weighted by Crippen LogP contribution is -2.37. The second kappa shape index (κ2) is 5.93. The van der Waals surface area contributed by atoms with Crippen molar-refractivity contribution in [3.8, 4) is 0 Å². The normalized spacial score (nSPS) is 12.1. The van der Waals surface area contributed by atoms with Gasteiger partial charge in [0.2, 0.25) is 0 Å². The van der Waals surface area contributed by atoms with Crippen molar-refractivity contribution >= 4 is 13.3 Å². The number of nitrogens with zero attached hydrogens (tertiary/aromatic N) is 3. The molecule has 4 heteroatoms. The Morgan fingerprint density at radius 2 is 1.75 bits per heavy atom. The fourth-order valence-corrected chi connectivity index (χ4v) is 3.43. The summed E-state index contributed by atoms with van der Waals surface area (Å²) in [6.07, 6.45) is 3.85. The van der Waals surface area contributed by atoms with Gasteiger partial charge in [-0.1, -0.05) is 49.1 Å². The number of benzene rings is 1. The van der Waals surface area contributed by atoms with Crippen molar-refractivity contribution in [3.05, 3.63) is 48.0 Å². The molecule has 0 N–H and O–H groups in total. The minimum absolute atomic E-state index is 0.874. The molecule has 3 nitrogen and oxygen atoms in total. The second-order valence-electron chi connectivity index (χ2n) is 6.57. The van der Waals surface area contributed by atoms with Crippen molar-refractivity contribution in [1.29, 1.82) is 0 Å². The van der Waals surface area contributed by atoms with Gasteiger partial charge in [0.25, 0.3) is 0 Å². The summed E-state index contributed by atoms with van der Waals surface area (Å²) in [5.74, 6) is 1.10. The van der Waals surface area contributed by atoms with Crippen molar-refractivity contribution in [2.45, 2.75) is 32.7 Å². The first-order chi connectivity index (χ1) is 9.36. The molecule has 0 saturated heterocycles. The maximum Gasteiger partial charge on any atom is 0.122 e. The monoisotopic (exact) mass is 287 g/mol. The number of hydrogen-bond donors (Lipinski definition) is 0. The average molecular weight is 287 g/mol. The molecule has 1 aromatic heterocycles. The molecule has 20 heavy (non-hydrogen) atoms. The first kappa shape index (κ1) is 15.0. The van der Waals surface area contributed by atoms with Crippen LogP contribution in [0.4, 0.5) is 0 Å². The smallest absolute Gasteiger partial charge is 0.122 e. The third kappa shape index (κ3) is 3.80. The second-order valence-corrected chi connectivity index (χ2v) is 11.7. The summed E-state index contributed by atoms with van der Waals surface area (Å²) in [6, 6.07) is 9.14. The molecule has 0 spiro atoms. The van der Waals surface area contributed by atoms with Gasteiger partial charge in [0, 0.05) is 26.0 Å². The molecule has 1 heterocycles. The first-order valence-corrected chi connectivity index (χ1v) is 10.6. The van der Waals surface area contributed by atoms with Gasteiger partial charge in [0.05, 0.1) is 14.6 Å². The zero-order chi connectivity index (χ0) is 14.8. The van der Waals surface area contributed by atoms with Crippen molar-refractivity contribution < 1.29 is 0 Å². The predicted octanol–water partition coefficient (Wildman–Crippen LogP) is 2.60. The lowest BCUT2D eigenvalue weighted by atomic mass is 10.2. The van der Waals surface area contributed by atoms with Crippen LogP contribution in [0.2, 0.25) is 19.6 Å². The highest BCUT2D eigenvalue weighted by atomic mass is 28.3. The molecule has 0 fully saturated rings. The van der Waals surface area contributed by atoms with E-state index in [1.54, 1.807) is 0 Å². The molecular formula is C16H25N3Si. The Bertz CT molecular complexity index is 552. The lowest BCUT2D eigenvalue weighted by Gasteiger charge is -2.19. The van der Waals surface area contributed by atoms with E-state index in [4.69, 9.17) is 0 Å². The molecule has 108 valence electrons. The summed E-state index contributed by atoms with van der Waals surface area (Å²) >= 11 is 0. The Kier molecular flexibility index (Phi) is 4.45. The van der Waals surface area contributed by atoms with Crippen molar-refractivity contribution in [2.24, 2.45) is 7.05 Å². The van der Waals surface area contributed by atoms with Crippen LogP contribution in [0.3, 0.4) is 0 Å². The summed E-state index contributed by atoms with van der Waals surface area (Å²) in [5, 5.41) is 1.52. The maximum absolute atomic E-state index is 4.37. The van der Waals surface area contributed by atoms with Gasteiger partial charge in [-0.25, -0.2) is 4.98 Å². The van der Waals surface area contributed by atoms with E-state index in [0.29, 0.717) is 0 Å². The van der Waals surface area contributed by atoms with Gasteiger partial charge in [-0.2, -0.15) is 0 Å². The SMILES string of the molecule is CN(Cc1ccc([Si](C)(C)C)cc1)Cc1nccn1C. The Labute approximate surface area is 123 Å². The molecule has 0 atom stereocenters. The van der Waals surface area contributed by atoms with Crippen molar-refractivity contribution in [1.82, 2.24) is 14.5 Å². The van der Waals surface area contributed by atoms with E-state index in [0.717, 1.165) is 18.9 Å². The van der Waals surface area contributed by atoms with Crippen LogP contribution < -0.4 is 5.19 Å². The van der Waals surface area contributed by atoms with Crippen LogP contribution in [0.5, 0.6) is 0 Å². The van der Waals surface area contributed by atoms with Crippen molar-refractivity contribution in [2.75, 3.05) is 7.05 Å². The molecular weight excluding hydrogens is 262 g/mol. The molecule has 0 bridgehead atoms. The van der Waals surface area contributed by atoms with Crippen LogP contribution in [0, 0.1) is 0 Å². The van der Waals surface area contributed by atoms with Gasteiger partial charge >= 0.3 is 0 Å². The summed E-state index contributed by atoms with van der Waals surface area (Å²) in [5.41, 5.74) is 1.36. The fraction of sp³-hybridized carbons (Fsp3) is 0.438. The molecule has 0 unspecified atom stereocenters. The number of hydrogen-bond acceptors (Lipinski definition) is 2. The van der Waals surface area contributed by atoms with Crippen LogP contribution in [-0.4, -0.2) is 29.6 Å². The predicted molar refractivity (Wildman–Crippen MR) is 87.8 cm³/mol. The van der Waals surface area contributed by atoms with E-state index in [-0.39, 0.29) is 0 Å². The summed E-state index contributed by atoms with van der Waals surface area (Å²) in [6.45, 7) is 8.98. The summed E-state index contributed by atoms with van der Waals surface area (Å²) < 4.78 is 2.07. The van der Waals surface area contributed by atoms with Crippen LogP contribution in [0.15, 0.2) is 36.7 Å². The fourth-order valence-electron chi connectivity index (χ4n) is 2.27. The van der Waals surface area contributed by atoms with E-state index in [1.165, 1.54) is 10.8 Å². The molecule has 0 aliphatic rings. The molecule has 2 rings (SSSR count). The highest BCUT2D eigenvalue weighted by Crippen LogP contribution is 2.08. The number of rotatable bonds is 5. The van der Waals surface area contributed by atoms with E-state index in [9.17, 15) is 0 Å². The number of aromatic nitrogens is 2. The van der Waals surface area contributed by atoms with E-state index >= 15 is 0 Å². The lowest BCUT2D eigenvalue weighted by molar-refractivity contribution is 0.307. The van der Waals surface area contributed by atoms with Crippen LogP contribution in [0.25, 0.3) is 0 Å². The third-order valence-electron chi connectivity index (χ3n) is 3.60. The Balaban J connectivity index is 1.98. The van der Waals surface area contributed by atoms with Gasteiger partial charge in [-0.15, -0.1) is 0 Å². The standard InChI is InChI=1S/C16H25N3Si/c1-18(13-16-17-10-11-19(16)2)12-14-6-8-15(9-7-14)20(3,4)5/h6-11H,12-13H2,1-5H3. The van der Waals surface area contributed by atoms with Crippen LogP contribution in [0.1, 0.15) is 11.4 Å². The molecule has 0 radical (unpaired) electrons. The quantitative estimate of drug-likeness (QED) is 0.788. The zero-order valence-electron chi connectivity index (χ0n) is 13.2. The molecule has 2 aromatic rings. The van der Waals surface area contributed by atoms with Gasteiger partial charge in [0.1, 0.15) is 5.82 Å². The third-order valence-corrected chi connectivity index (χ3v) is 5.67. The minimum atomic E-state index is -1.18. The average Bonchev–Trinajstić information content (AvgIpc) is 2.74. The van der Waals surface area contributed by atoms with Gasteiger partial charge in [-0.3, -0.25) is 4.90 Å². The van der Waals surface area contributed by atoms with Gasteiger partial charge in [-0.05, 0) is 12.6 Å². The van der Waals surface area contributed by atoms with E-state index in [1.807, 2.05) is 19.4 Å². The van der Waals surface area contributed by atoms with Crippen molar-refractivity contribution in [3.63, 3.8) is 0 Å². The minimum Gasteiger partial charge on any atom is -0.337 e. The largest absolute Gasteiger partial charge is 0.337 e. The highest BCUT2D eigenvalue weighted by molar-refractivity contribution is 6.88. The number of aryl methyl sites for hydroxylation is 1. The highest BCUT2D eigenvalue weighted by Gasteiger charge is 2.15. The Hall–Kier alpha value is -1.39. The molecule has 0 amide bonds. The van der Waals surface area contributed by atoms with E-state index in [2.05, 4.69) is 65.4 Å². The van der Waals surface area contributed by atoms with Gasteiger partial charge in [0.15, 0.2) is 0 Å². The van der Waals surface area contributed by atoms with Crippen LogP contribution in [-0.2, 0) is 20.1 Å². The Morgan fingerprint density at radius 1 is 1.10 bits per heavy atom. The molecule has 0 aliphatic carbocycles. The maximum atomic E-state index is 4.37. The van der Waals surface area contributed by atoms with Gasteiger partial charge < -0.3 is 4.57 Å². The molecule has 0 saturated carbocycles. The Morgan fingerprint density at radius 3 is 2.25 bits per heavy atom. The molecule has 0 aliphatic heterocycles. The first-order valence-electron chi connectivity index (χ1n) is 7.10. The summed E-state index contributed by atoms with van der Waals surface area (Å²) in [7, 11) is 3.00. The number of imidazole rings is 1. The van der Waals surface area contributed by atoms with Crippen LogP contribution >= 0.6 is 0 Å². The summed E-state index contributed by atoms with van der Waals surface area (Å²) in [4.78, 5) is 6.67. The molecule has 1 aromatic carbocycles. The topological polar surface area (TPSA) is 21.1 Å². The van der Waals surface area contributed by atoms with E-state index < -0.39 is 8.07 Å².